The first-order valence-corrected chi connectivity index (χ1v) is 13.9. The molecule has 1 fully saturated rings. The first-order valence-electron chi connectivity index (χ1n) is 13.9. The molecule has 3 N–H and O–H groups in total. The molecule has 40 heavy (non-hydrogen) atoms. The van der Waals surface area contributed by atoms with E-state index in [0.717, 1.165) is 29.7 Å². The Labute approximate surface area is 234 Å². The molecule has 1 atom stereocenters. The van der Waals surface area contributed by atoms with E-state index in [1.54, 1.807) is 29.2 Å². The van der Waals surface area contributed by atoms with Gasteiger partial charge in [-0.15, -0.1) is 0 Å². The molecule has 3 aromatic rings. The van der Waals surface area contributed by atoms with Crippen molar-refractivity contribution in [1.82, 2.24) is 15.5 Å². The van der Waals surface area contributed by atoms with Crippen molar-refractivity contribution in [2.45, 2.75) is 31.6 Å². The van der Waals surface area contributed by atoms with E-state index >= 15 is 0 Å². The molecule has 0 spiro atoms. The summed E-state index contributed by atoms with van der Waals surface area (Å²) in [5, 5.41) is 16.4. The number of ether oxygens (including phenoxy) is 1. The van der Waals surface area contributed by atoms with Crippen LogP contribution in [0.25, 0.3) is 11.1 Å². The van der Waals surface area contributed by atoms with Gasteiger partial charge in [-0.3, -0.25) is 14.4 Å². The maximum Gasteiger partial charge on any atom is 0.254 e. The maximum absolute atomic E-state index is 13.4. The molecule has 5 rings (SSSR count). The fraction of sp³-hybridized carbons (Fsp3) is 0.344. The van der Waals surface area contributed by atoms with E-state index in [9.17, 15) is 19.5 Å². The lowest BCUT2D eigenvalue weighted by Crippen LogP contribution is -2.42. The number of fused-ring (bicyclic) bond motifs is 5. The molecular weight excluding hydrogens is 506 g/mol. The van der Waals surface area contributed by atoms with Gasteiger partial charge in [0.15, 0.2) is 0 Å². The molecule has 8 nitrogen and oxygen atoms in total. The van der Waals surface area contributed by atoms with Crippen LogP contribution in [-0.2, 0) is 16.0 Å². The molecule has 0 aliphatic carbocycles. The van der Waals surface area contributed by atoms with Gasteiger partial charge in [-0.2, -0.15) is 0 Å². The highest BCUT2D eigenvalue weighted by Gasteiger charge is 2.21. The number of nitrogens with zero attached hydrogens (tertiary/aromatic N) is 1. The van der Waals surface area contributed by atoms with Gasteiger partial charge in [0.2, 0.25) is 5.91 Å². The number of phenolic OH excluding ortho intramolecular Hbond substituents is 1. The number of hydrogen-bond acceptors (Lipinski definition) is 5. The Bertz CT molecular complexity index is 1370. The number of carbonyl (C=O) groups excluding carboxylic acids is 3. The molecular formula is C32H35N3O5. The first kappa shape index (κ1) is 27.4. The third-order valence-electron chi connectivity index (χ3n) is 7.55. The Morgan fingerprint density at radius 2 is 1.75 bits per heavy atom. The monoisotopic (exact) mass is 541 g/mol. The van der Waals surface area contributed by atoms with Crippen LogP contribution in [0.15, 0.2) is 66.7 Å². The van der Waals surface area contributed by atoms with Crippen molar-refractivity contribution >= 4 is 17.7 Å². The Morgan fingerprint density at radius 1 is 0.925 bits per heavy atom. The predicted octanol–water partition coefficient (Wildman–Crippen LogP) is 3.89. The summed E-state index contributed by atoms with van der Waals surface area (Å²) >= 11 is 0. The van der Waals surface area contributed by atoms with Crippen molar-refractivity contribution in [1.29, 1.82) is 0 Å². The smallest absolute Gasteiger partial charge is 0.254 e. The van der Waals surface area contributed by atoms with Crippen molar-refractivity contribution in [2.24, 2.45) is 0 Å². The van der Waals surface area contributed by atoms with Crippen LogP contribution in [0, 0.1) is 0 Å². The van der Waals surface area contributed by atoms with E-state index < -0.39 is 0 Å². The molecule has 0 saturated carbocycles. The van der Waals surface area contributed by atoms with Gasteiger partial charge in [0.1, 0.15) is 5.75 Å². The number of amides is 3. The Kier molecular flexibility index (Phi) is 8.76. The number of aromatic hydroxyl groups is 1. The topological polar surface area (TPSA) is 108 Å². The van der Waals surface area contributed by atoms with Crippen molar-refractivity contribution in [2.75, 3.05) is 39.4 Å². The third kappa shape index (κ3) is 6.69. The fourth-order valence-corrected chi connectivity index (χ4v) is 5.24. The molecule has 0 aromatic heterocycles. The second kappa shape index (κ2) is 12.8. The average molecular weight is 542 g/mol. The Morgan fingerprint density at radius 3 is 2.55 bits per heavy atom. The first-order chi connectivity index (χ1) is 19.5. The van der Waals surface area contributed by atoms with Crippen molar-refractivity contribution in [3.63, 3.8) is 0 Å². The molecule has 208 valence electrons. The van der Waals surface area contributed by atoms with Gasteiger partial charge >= 0.3 is 0 Å². The van der Waals surface area contributed by atoms with Gasteiger partial charge < -0.3 is 25.4 Å². The van der Waals surface area contributed by atoms with Crippen LogP contribution < -0.4 is 10.6 Å². The van der Waals surface area contributed by atoms with E-state index in [1.165, 1.54) is 0 Å². The van der Waals surface area contributed by atoms with Crippen molar-refractivity contribution in [3.05, 3.63) is 89.0 Å². The summed E-state index contributed by atoms with van der Waals surface area (Å²) in [5.74, 6) is -0.136. The lowest BCUT2D eigenvalue weighted by Gasteiger charge is -2.23. The third-order valence-corrected chi connectivity index (χ3v) is 7.55. The second-order valence-electron chi connectivity index (χ2n) is 10.4. The van der Waals surface area contributed by atoms with Gasteiger partial charge in [-0.1, -0.05) is 30.3 Å². The standard InChI is InChI=1S/C32H35N3O5/c36-29-11-6-22-12-15-33-30(37)20-35(32(39)24-9-7-23(8-10-24)27-13-17-40-21-27)16-2-1-14-34-31(38)26-5-3-4-25(19-26)28(29)18-22/h3-11,18-19,27,36H,1-2,12-17,20-21H2,(H,33,37)(H,34,38). The minimum atomic E-state index is -0.228. The molecule has 8 heteroatoms. The minimum absolute atomic E-state index is 0.0468. The summed E-state index contributed by atoms with van der Waals surface area (Å²) in [6.45, 7) is 2.65. The summed E-state index contributed by atoms with van der Waals surface area (Å²) in [6, 6.07) is 20.1. The lowest BCUT2D eigenvalue weighted by molar-refractivity contribution is -0.121. The van der Waals surface area contributed by atoms with E-state index in [2.05, 4.69) is 10.6 Å². The summed E-state index contributed by atoms with van der Waals surface area (Å²) < 4.78 is 5.49. The Balaban J connectivity index is 1.31. The molecule has 1 saturated heterocycles. The highest BCUT2D eigenvalue weighted by Crippen LogP contribution is 2.31. The number of nitrogens with one attached hydrogen (secondary N) is 2. The molecule has 1 unspecified atom stereocenters. The zero-order valence-corrected chi connectivity index (χ0v) is 22.5. The van der Waals surface area contributed by atoms with Crippen LogP contribution in [0.5, 0.6) is 5.75 Å². The second-order valence-corrected chi connectivity index (χ2v) is 10.4. The van der Waals surface area contributed by atoms with E-state index in [1.807, 2.05) is 42.5 Å². The highest BCUT2D eigenvalue weighted by molar-refractivity contribution is 5.97. The summed E-state index contributed by atoms with van der Waals surface area (Å²) in [4.78, 5) is 40.7. The van der Waals surface area contributed by atoms with Crippen LogP contribution in [-0.4, -0.2) is 67.1 Å². The SMILES string of the molecule is O=C1CN(C(=O)c2ccc(C3CCOC3)cc2)CCCCNC(=O)c2cccc(c2)-c2cc(ccc2O)CCN1. The highest BCUT2D eigenvalue weighted by atomic mass is 16.5. The summed E-state index contributed by atoms with van der Waals surface area (Å²) in [5.41, 5.74) is 4.52. The molecule has 2 aliphatic rings. The zero-order chi connectivity index (χ0) is 27.9. The van der Waals surface area contributed by atoms with Gasteiger partial charge in [-0.05, 0) is 78.8 Å². The van der Waals surface area contributed by atoms with E-state index in [0.29, 0.717) is 68.1 Å². The Hall–Kier alpha value is -4.17. The quantitative estimate of drug-likeness (QED) is 0.456. The number of hydrogen-bond donors (Lipinski definition) is 3. The van der Waals surface area contributed by atoms with Crippen LogP contribution in [0.3, 0.4) is 0 Å². The lowest BCUT2D eigenvalue weighted by atomic mass is 9.97. The number of phenols is 1. The largest absolute Gasteiger partial charge is 0.507 e. The fourth-order valence-electron chi connectivity index (χ4n) is 5.24. The average Bonchev–Trinajstić information content (AvgIpc) is 3.52. The number of carbonyl (C=O) groups is 3. The van der Waals surface area contributed by atoms with Crippen molar-refractivity contribution in [3.8, 4) is 16.9 Å². The van der Waals surface area contributed by atoms with Crippen LogP contribution in [0.2, 0.25) is 0 Å². The van der Waals surface area contributed by atoms with Crippen LogP contribution in [0.4, 0.5) is 0 Å². The van der Waals surface area contributed by atoms with Crippen LogP contribution in [0.1, 0.15) is 57.0 Å². The maximum atomic E-state index is 13.4. The molecule has 3 aromatic carbocycles. The van der Waals surface area contributed by atoms with Crippen molar-refractivity contribution < 1.29 is 24.2 Å². The molecule has 2 aliphatic heterocycles. The molecule has 4 bridgehead atoms. The summed E-state index contributed by atoms with van der Waals surface area (Å²) in [7, 11) is 0. The van der Waals surface area contributed by atoms with Gasteiger partial charge in [0.25, 0.3) is 11.8 Å². The molecule has 2 heterocycles. The number of rotatable bonds is 2. The van der Waals surface area contributed by atoms with Gasteiger partial charge in [-0.25, -0.2) is 0 Å². The predicted molar refractivity (Wildman–Crippen MR) is 152 cm³/mol. The van der Waals surface area contributed by atoms with Gasteiger partial charge in [0.05, 0.1) is 13.2 Å². The molecule has 3 amide bonds. The minimum Gasteiger partial charge on any atom is -0.507 e. The zero-order valence-electron chi connectivity index (χ0n) is 22.5. The van der Waals surface area contributed by atoms with E-state index in [-0.39, 0.29) is 30.0 Å². The normalized spacial score (nSPS) is 18.8. The van der Waals surface area contributed by atoms with Crippen LogP contribution >= 0.6 is 0 Å². The van der Waals surface area contributed by atoms with Gasteiger partial charge in [0, 0.05) is 48.8 Å². The summed E-state index contributed by atoms with van der Waals surface area (Å²) in [6.07, 6.45) is 2.82. The number of benzene rings is 3. The van der Waals surface area contributed by atoms with E-state index in [4.69, 9.17) is 4.74 Å². The molecule has 0 radical (unpaired) electrons.